The molecule has 0 aliphatic rings. The Morgan fingerprint density at radius 1 is 1.40 bits per heavy atom. The van der Waals surface area contributed by atoms with E-state index in [1.165, 1.54) is 0 Å². The van der Waals surface area contributed by atoms with E-state index < -0.39 is 0 Å². The van der Waals surface area contributed by atoms with Crippen molar-refractivity contribution in [2.24, 2.45) is 0 Å². The zero-order chi connectivity index (χ0) is 14.2. The van der Waals surface area contributed by atoms with Crippen LogP contribution in [-0.2, 0) is 6.54 Å². The predicted octanol–water partition coefficient (Wildman–Crippen LogP) is 3.56. The van der Waals surface area contributed by atoms with Crippen LogP contribution in [0.3, 0.4) is 0 Å². The van der Waals surface area contributed by atoms with Crippen molar-refractivity contribution in [2.45, 2.75) is 39.3 Å². The van der Waals surface area contributed by atoms with Crippen LogP contribution in [0.25, 0.3) is 0 Å². The topological polar surface area (TPSA) is 39.1 Å². The van der Waals surface area contributed by atoms with Crippen LogP contribution in [-0.4, -0.2) is 22.2 Å². The van der Waals surface area contributed by atoms with Gasteiger partial charge in [-0.15, -0.1) is 0 Å². The first-order valence-corrected chi connectivity index (χ1v) is 7.24. The summed E-state index contributed by atoms with van der Waals surface area (Å²) in [4.78, 5) is 4.03. The summed E-state index contributed by atoms with van der Waals surface area (Å²) < 4.78 is 7.90. The van der Waals surface area contributed by atoms with Gasteiger partial charge in [0.1, 0.15) is 5.75 Å². The summed E-state index contributed by atoms with van der Waals surface area (Å²) in [7, 11) is 0. The summed E-state index contributed by atoms with van der Waals surface area (Å²) in [6.07, 6.45) is 7.98. The van der Waals surface area contributed by atoms with Gasteiger partial charge in [0.15, 0.2) is 0 Å². The zero-order valence-corrected chi connectivity index (χ0v) is 12.2. The average molecular weight is 273 g/mol. The lowest BCUT2D eigenvalue weighted by Gasteiger charge is -2.14. The van der Waals surface area contributed by atoms with E-state index >= 15 is 0 Å². The van der Waals surface area contributed by atoms with Crippen molar-refractivity contribution in [1.82, 2.24) is 9.55 Å². The molecular formula is C16H23N3O. The van der Waals surface area contributed by atoms with E-state index in [9.17, 15) is 0 Å². The molecule has 108 valence electrons. The molecule has 1 atom stereocenters. The third-order valence-electron chi connectivity index (χ3n) is 3.23. The van der Waals surface area contributed by atoms with Gasteiger partial charge in [-0.2, -0.15) is 0 Å². The van der Waals surface area contributed by atoms with Crippen LogP contribution in [0.15, 0.2) is 43.0 Å². The van der Waals surface area contributed by atoms with Gasteiger partial charge in [0.25, 0.3) is 0 Å². The molecule has 0 radical (unpaired) electrons. The second kappa shape index (κ2) is 7.58. The Kier molecular flexibility index (Phi) is 5.47. The molecule has 1 aromatic heterocycles. The third-order valence-corrected chi connectivity index (χ3v) is 3.23. The van der Waals surface area contributed by atoms with Crippen molar-refractivity contribution in [1.29, 1.82) is 0 Å². The highest BCUT2D eigenvalue weighted by Crippen LogP contribution is 2.19. The predicted molar refractivity (Wildman–Crippen MR) is 82.2 cm³/mol. The minimum absolute atomic E-state index is 0.256. The fourth-order valence-electron chi connectivity index (χ4n) is 1.91. The normalized spacial score (nSPS) is 12.1. The number of benzene rings is 1. The SMILES string of the molecule is CCC(C)Oc1cccc(NCCCn2ccnc2)c1. The van der Waals surface area contributed by atoms with Crippen LogP contribution < -0.4 is 10.1 Å². The Morgan fingerprint density at radius 2 is 2.30 bits per heavy atom. The maximum Gasteiger partial charge on any atom is 0.121 e. The first-order chi connectivity index (χ1) is 9.78. The van der Waals surface area contributed by atoms with E-state index in [1.54, 1.807) is 0 Å². The molecule has 4 heteroatoms. The van der Waals surface area contributed by atoms with Crippen LogP contribution in [0.4, 0.5) is 5.69 Å². The number of aromatic nitrogens is 2. The van der Waals surface area contributed by atoms with E-state index in [-0.39, 0.29) is 6.10 Å². The minimum atomic E-state index is 0.256. The number of aryl methyl sites for hydroxylation is 1. The van der Waals surface area contributed by atoms with Gasteiger partial charge < -0.3 is 14.6 Å². The molecule has 1 unspecified atom stereocenters. The number of nitrogens with zero attached hydrogens (tertiary/aromatic N) is 2. The molecular weight excluding hydrogens is 250 g/mol. The Hall–Kier alpha value is -1.97. The van der Waals surface area contributed by atoms with Gasteiger partial charge in [0.2, 0.25) is 0 Å². The van der Waals surface area contributed by atoms with Crippen molar-refractivity contribution in [3.05, 3.63) is 43.0 Å². The van der Waals surface area contributed by atoms with Crippen LogP contribution >= 0.6 is 0 Å². The molecule has 0 bridgehead atoms. The molecule has 2 aromatic rings. The number of nitrogens with one attached hydrogen (secondary N) is 1. The van der Waals surface area contributed by atoms with Crippen molar-refractivity contribution >= 4 is 5.69 Å². The van der Waals surface area contributed by atoms with Gasteiger partial charge in [-0.25, -0.2) is 4.98 Å². The number of ether oxygens (including phenoxy) is 1. The molecule has 4 nitrogen and oxygen atoms in total. The van der Waals surface area contributed by atoms with Crippen LogP contribution in [0.1, 0.15) is 26.7 Å². The molecule has 1 heterocycles. The second-order valence-electron chi connectivity index (χ2n) is 4.95. The van der Waals surface area contributed by atoms with E-state index in [2.05, 4.69) is 40.8 Å². The molecule has 0 fully saturated rings. The van der Waals surface area contributed by atoms with E-state index in [0.717, 1.165) is 37.4 Å². The van der Waals surface area contributed by atoms with Crippen LogP contribution in [0, 0.1) is 0 Å². The average Bonchev–Trinajstić information content (AvgIpc) is 2.97. The summed E-state index contributed by atoms with van der Waals surface area (Å²) in [6.45, 7) is 6.13. The molecule has 0 amide bonds. The molecule has 0 aliphatic carbocycles. The van der Waals surface area contributed by atoms with Gasteiger partial charge >= 0.3 is 0 Å². The number of hydrogen-bond acceptors (Lipinski definition) is 3. The van der Waals surface area contributed by atoms with Crippen molar-refractivity contribution in [2.75, 3.05) is 11.9 Å². The first-order valence-electron chi connectivity index (χ1n) is 7.24. The molecule has 0 aliphatic heterocycles. The maximum atomic E-state index is 5.82. The second-order valence-corrected chi connectivity index (χ2v) is 4.95. The highest BCUT2D eigenvalue weighted by Gasteiger charge is 2.01. The molecule has 1 N–H and O–H groups in total. The highest BCUT2D eigenvalue weighted by molar-refractivity contribution is 5.48. The third kappa shape index (κ3) is 4.61. The molecule has 2 rings (SSSR count). The smallest absolute Gasteiger partial charge is 0.121 e. The largest absolute Gasteiger partial charge is 0.491 e. The quantitative estimate of drug-likeness (QED) is 0.747. The lowest BCUT2D eigenvalue weighted by molar-refractivity contribution is 0.217. The summed E-state index contributed by atoms with van der Waals surface area (Å²) >= 11 is 0. The summed E-state index contributed by atoms with van der Waals surface area (Å²) in [6, 6.07) is 8.16. The van der Waals surface area contributed by atoms with Crippen LogP contribution in [0.2, 0.25) is 0 Å². The fourth-order valence-corrected chi connectivity index (χ4v) is 1.91. The van der Waals surface area contributed by atoms with Gasteiger partial charge in [-0.1, -0.05) is 13.0 Å². The number of imidazole rings is 1. The van der Waals surface area contributed by atoms with Gasteiger partial charge in [-0.05, 0) is 31.9 Å². The fraction of sp³-hybridized carbons (Fsp3) is 0.438. The summed E-state index contributed by atoms with van der Waals surface area (Å²) in [5.41, 5.74) is 1.11. The molecule has 0 saturated carbocycles. The van der Waals surface area contributed by atoms with Crippen LogP contribution in [0.5, 0.6) is 5.75 Å². The molecule has 0 spiro atoms. The van der Waals surface area contributed by atoms with Gasteiger partial charge in [0.05, 0.1) is 12.4 Å². The summed E-state index contributed by atoms with van der Waals surface area (Å²) in [5.74, 6) is 0.930. The minimum Gasteiger partial charge on any atom is -0.491 e. The lowest BCUT2D eigenvalue weighted by atomic mass is 10.2. The Balaban J connectivity index is 1.76. The molecule has 20 heavy (non-hydrogen) atoms. The molecule has 1 aromatic carbocycles. The van der Waals surface area contributed by atoms with Crippen molar-refractivity contribution < 1.29 is 4.74 Å². The van der Waals surface area contributed by atoms with Crippen molar-refractivity contribution in [3.63, 3.8) is 0 Å². The maximum absolute atomic E-state index is 5.82. The molecule has 0 saturated heterocycles. The van der Waals surface area contributed by atoms with E-state index in [4.69, 9.17) is 4.74 Å². The Morgan fingerprint density at radius 3 is 3.05 bits per heavy atom. The van der Waals surface area contributed by atoms with E-state index in [0.29, 0.717) is 0 Å². The zero-order valence-electron chi connectivity index (χ0n) is 12.2. The number of anilines is 1. The standard InChI is InChI=1S/C16H23N3O/c1-3-14(2)20-16-7-4-6-15(12-16)18-8-5-10-19-11-9-17-13-19/h4,6-7,9,11-14,18H,3,5,8,10H2,1-2H3. The Labute approximate surface area is 120 Å². The number of hydrogen-bond donors (Lipinski definition) is 1. The Bertz CT molecular complexity index is 496. The lowest BCUT2D eigenvalue weighted by Crippen LogP contribution is -2.10. The van der Waals surface area contributed by atoms with Gasteiger partial charge in [-0.3, -0.25) is 0 Å². The van der Waals surface area contributed by atoms with Crippen molar-refractivity contribution in [3.8, 4) is 5.75 Å². The van der Waals surface area contributed by atoms with E-state index in [1.807, 2.05) is 30.9 Å². The number of rotatable bonds is 8. The highest BCUT2D eigenvalue weighted by atomic mass is 16.5. The van der Waals surface area contributed by atoms with Gasteiger partial charge in [0, 0.05) is 37.2 Å². The monoisotopic (exact) mass is 273 g/mol. The summed E-state index contributed by atoms with van der Waals surface area (Å²) in [5, 5.41) is 3.42. The first kappa shape index (κ1) is 14.4.